The number of nitrogens with one attached hydrogen (secondary N) is 2. The molecule has 0 saturated carbocycles. The van der Waals surface area contributed by atoms with Crippen LogP contribution in [0.1, 0.15) is 32.1 Å². The third-order valence-corrected chi connectivity index (χ3v) is 2.85. The van der Waals surface area contributed by atoms with Crippen molar-refractivity contribution in [3.05, 3.63) is 30.3 Å². The number of benzene rings is 1. The largest absolute Gasteiger partial charge is 0.353 e. The second kappa shape index (κ2) is 8.85. The number of carbonyl (C=O) groups is 3. The van der Waals surface area contributed by atoms with Gasteiger partial charge in [0.15, 0.2) is 0 Å². The lowest BCUT2D eigenvalue weighted by Gasteiger charge is -2.04. The molecule has 0 saturated heterocycles. The van der Waals surface area contributed by atoms with Gasteiger partial charge in [-0.05, 0) is 25.0 Å². The molecule has 2 amide bonds. The van der Waals surface area contributed by atoms with Crippen molar-refractivity contribution in [2.24, 2.45) is 0 Å². The third kappa shape index (κ3) is 6.13. The number of unbranched alkanes of at least 4 members (excludes halogenated alkanes) is 2. The predicted octanol–water partition coefficient (Wildman–Crippen LogP) is 1.89. The van der Waals surface area contributed by atoms with Gasteiger partial charge in [-0.15, -0.1) is 0 Å². The van der Waals surface area contributed by atoms with E-state index >= 15 is 0 Å². The zero-order chi connectivity index (χ0) is 14.8. The maximum absolute atomic E-state index is 11.6. The van der Waals surface area contributed by atoms with Gasteiger partial charge in [0.2, 0.25) is 11.7 Å². The molecular weight excluding hydrogens is 256 g/mol. The van der Waals surface area contributed by atoms with Gasteiger partial charge in [-0.3, -0.25) is 14.4 Å². The molecule has 0 aromatic heterocycles. The summed E-state index contributed by atoms with van der Waals surface area (Å²) < 4.78 is 0. The Kier molecular flexibility index (Phi) is 7.03. The Morgan fingerprint density at radius 3 is 2.25 bits per heavy atom. The zero-order valence-corrected chi connectivity index (χ0v) is 11.6. The summed E-state index contributed by atoms with van der Waals surface area (Å²) in [6, 6.07) is 9.28. The van der Waals surface area contributed by atoms with Crippen LogP contribution in [0.3, 0.4) is 0 Å². The van der Waals surface area contributed by atoms with Crippen molar-refractivity contribution in [2.75, 3.05) is 12.4 Å². The number of hydrogen-bond acceptors (Lipinski definition) is 3. The van der Waals surface area contributed by atoms with Gasteiger partial charge in [-0.2, -0.15) is 0 Å². The molecule has 2 N–H and O–H groups in total. The second-order valence-corrected chi connectivity index (χ2v) is 4.48. The summed E-state index contributed by atoms with van der Waals surface area (Å²) in [4.78, 5) is 33.8. The van der Waals surface area contributed by atoms with Crippen LogP contribution in [0.2, 0.25) is 0 Å². The number of Topliss-reactive ketones (excluding diaryl/α,β-unsaturated/α-hetero) is 1. The summed E-state index contributed by atoms with van der Waals surface area (Å²) in [5, 5.41) is 5.10. The minimum absolute atomic E-state index is 0.0335. The van der Waals surface area contributed by atoms with Gasteiger partial charge in [0.25, 0.3) is 5.91 Å². The lowest BCUT2D eigenvalue weighted by molar-refractivity contribution is -0.137. The number of rotatable bonds is 8. The van der Waals surface area contributed by atoms with E-state index < -0.39 is 11.7 Å². The topological polar surface area (TPSA) is 75.3 Å². The Morgan fingerprint density at radius 1 is 0.950 bits per heavy atom. The van der Waals surface area contributed by atoms with E-state index in [0.717, 1.165) is 12.1 Å². The first kappa shape index (κ1) is 15.9. The summed E-state index contributed by atoms with van der Waals surface area (Å²) >= 11 is 0. The standard InChI is InChI=1S/C15H20N2O3/c1-16-15(20)13(18)10-6-3-7-11-14(19)17-12-8-4-2-5-9-12/h2,4-5,8-9H,3,6-7,10-11H2,1H3,(H,16,20)(H,17,19). The SMILES string of the molecule is CNC(=O)C(=O)CCCCCC(=O)Nc1ccccc1. The Labute approximate surface area is 118 Å². The maximum atomic E-state index is 11.6. The van der Waals surface area contributed by atoms with Crippen LogP contribution in [0.4, 0.5) is 5.69 Å². The molecule has 0 atom stereocenters. The summed E-state index contributed by atoms with van der Waals surface area (Å²) in [5.41, 5.74) is 0.785. The highest BCUT2D eigenvalue weighted by Gasteiger charge is 2.10. The lowest BCUT2D eigenvalue weighted by Crippen LogP contribution is -2.27. The first-order valence-electron chi connectivity index (χ1n) is 6.73. The molecule has 0 aliphatic heterocycles. The number of carbonyl (C=O) groups excluding carboxylic acids is 3. The van der Waals surface area contributed by atoms with Crippen molar-refractivity contribution >= 4 is 23.3 Å². The number of likely N-dealkylation sites (N-methyl/N-ethyl adjacent to an activating group) is 1. The van der Waals surface area contributed by atoms with E-state index in [1.807, 2.05) is 30.3 Å². The number of hydrogen-bond donors (Lipinski definition) is 2. The highest BCUT2D eigenvalue weighted by molar-refractivity contribution is 6.36. The molecule has 1 rings (SSSR count). The van der Waals surface area contributed by atoms with Crippen LogP contribution in [0, 0.1) is 0 Å². The van der Waals surface area contributed by atoms with Crippen LogP contribution in [-0.2, 0) is 14.4 Å². The summed E-state index contributed by atoms with van der Waals surface area (Å²) in [6.45, 7) is 0. The minimum Gasteiger partial charge on any atom is -0.353 e. The fraction of sp³-hybridized carbons (Fsp3) is 0.400. The van der Waals surface area contributed by atoms with Gasteiger partial charge in [0, 0.05) is 25.6 Å². The summed E-state index contributed by atoms with van der Waals surface area (Å²) in [5.74, 6) is -0.984. The molecule has 0 bridgehead atoms. The van der Waals surface area contributed by atoms with Crippen molar-refractivity contribution in [3.63, 3.8) is 0 Å². The Balaban J connectivity index is 2.11. The number of para-hydroxylation sites is 1. The molecule has 1 aromatic rings. The van der Waals surface area contributed by atoms with Gasteiger partial charge in [-0.1, -0.05) is 24.6 Å². The van der Waals surface area contributed by atoms with E-state index in [0.29, 0.717) is 19.3 Å². The minimum atomic E-state index is -0.549. The average molecular weight is 276 g/mol. The smallest absolute Gasteiger partial charge is 0.287 e. The Bertz CT molecular complexity index is 457. The molecule has 20 heavy (non-hydrogen) atoms. The van der Waals surface area contributed by atoms with Crippen molar-refractivity contribution in [2.45, 2.75) is 32.1 Å². The van der Waals surface area contributed by atoms with Crippen molar-refractivity contribution < 1.29 is 14.4 Å². The van der Waals surface area contributed by atoms with E-state index in [-0.39, 0.29) is 12.3 Å². The first-order chi connectivity index (χ1) is 9.63. The molecule has 0 aliphatic rings. The van der Waals surface area contributed by atoms with Crippen LogP contribution in [0.15, 0.2) is 30.3 Å². The number of anilines is 1. The number of ketones is 1. The Morgan fingerprint density at radius 2 is 1.60 bits per heavy atom. The van der Waals surface area contributed by atoms with E-state index in [1.165, 1.54) is 7.05 Å². The summed E-state index contributed by atoms with van der Waals surface area (Å²) in [7, 11) is 1.44. The van der Waals surface area contributed by atoms with Crippen molar-refractivity contribution in [3.8, 4) is 0 Å². The van der Waals surface area contributed by atoms with Gasteiger partial charge in [-0.25, -0.2) is 0 Å². The third-order valence-electron chi connectivity index (χ3n) is 2.85. The zero-order valence-electron chi connectivity index (χ0n) is 11.6. The van der Waals surface area contributed by atoms with Gasteiger partial charge in [0.1, 0.15) is 0 Å². The monoisotopic (exact) mass is 276 g/mol. The number of amides is 2. The molecule has 0 spiro atoms. The molecule has 5 nitrogen and oxygen atoms in total. The molecule has 108 valence electrons. The second-order valence-electron chi connectivity index (χ2n) is 4.48. The highest BCUT2D eigenvalue weighted by atomic mass is 16.2. The molecular formula is C15H20N2O3. The molecule has 0 radical (unpaired) electrons. The van der Waals surface area contributed by atoms with Gasteiger partial charge >= 0.3 is 0 Å². The van der Waals surface area contributed by atoms with Crippen LogP contribution < -0.4 is 10.6 Å². The predicted molar refractivity (Wildman–Crippen MR) is 77.2 cm³/mol. The van der Waals surface area contributed by atoms with Crippen LogP contribution in [0.25, 0.3) is 0 Å². The fourth-order valence-corrected chi connectivity index (χ4v) is 1.75. The van der Waals surface area contributed by atoms with Crippen molar-refractivity contribution in [1.29, 1.82) is 0 Å². The fourth-order valence-electron chi connectivity index (χ4n) is 1.75. The first-order valence-corrected chi connectivity index (χ1v) is 6.73. The van der Waals surface area contributed by atoms with E-state index in [2.05, 4.69) is 10.6 Å². The van der Waals surface area contributed by atoms with E-state index in [9.17, 15) is 14.4 Å². The normalized spacial score (nSPS) is 9.85. The Hall–Kier alpha value is -2.17. The quantitative estimate of drug-likeness (QED) is 0.562. The van der Waals surface area contributed by atoms with Crippen LogP contribution in [0.5, 0.6) is 0 Å². The van der Waals surface area contributed by atoms with Crippen LogP contribution in [-0.4, -0.2) is 24.6 Å². The lowest BCUT2D eigenvalue weighted by atomic mass is 10.1. The summed E-state index contributed by atoms with van der Waals surface area (Å²) in [6.07, 6.45) is 2.75. The average Bonchev–Trinajstić information content (AvgIpc) is 2.46. The molecule has 0 unspecified atom stereocenters. The van der Waals surface area contributed by atoms with Gasteiger partial charge < -0.3 is 10.6 Å². The molecule has 0 fully saturated rings. The van der Waals surface area contributed by atoms with Gasteiger partial charge in [0.05, 0.1) is 0 Å². The highest BCUT2D eigenvalue weighted by Crippen LogP contribution is 2.08. The molecule has 5 heteroatoms. The molecule has 0 heterocycles. The van der Waals surface area contributed by atoms with E-state index in [1.54, 1.807) is 0 Å². The molecule has 1 aromatic carbocycles. The maximum Gasteiger partial charge on any atom is 0.287 e. The van der Waals surface area contributed by atoms with Crippen molar-refractivity contribution in [1.82, 2.24) is 5.32 Å². The van der Waals surface area contributed by atoms with E-state index in [4.69, 9.17) is 0 Å². The van der Waals surface area contributed by atoms with Crippen LogP contribution >= 0.6 is 0 Å². The molecule has 0 aliphatic carbocycles.